The first kappa shape index (κ1) is 27.7. The molecule has 2 amide bonds. The quantitative estimate of drug-likeness (QED) is 0.292. The summed E-state index contributed by atoms with van der Waals surface area (Å²) in [6.45, 7) is 11.6. The standard InChI is InChI=1S/C34H40N6O3/c1-20-16-35-31-26(20)15-24(17-36-31)23-13-22-10-12-38(32(41)28-18-37-40(21(28)2)25-8-9-25)19-29(22)27(14-23)30-7-6-11-39(30)33(42)43-34(3,4)5/h13-18,25,30H,6-12,19H2,1-5H3,(H,35,36)/t30-/m0/s1. The molecule has 4 aromatic rings. The Morgan fingerprint density at radius 1 is 1.02 bits per heavy atom. The lowest BCUT2D eigenvalue weighted by molar-refractivity contribution is 0.0222. The summed E-state index contributed by atoms with van der Waals surface area (Å²) in [5, 5.41) is 5.65. The van der Waals surface area contributed by atoms with Crippen molar-refractivity contribution >= 4 is 23.0 Å². The molecule has 1 atom stereocenters. The van der Waals surface area contributed by atoms with Crippen molar-refractivity contribution in [2.75, 3.05) is 13.1 Å². The van der Waals surface area contributed by atoms with Gasteiger partial charge in [-0.05, 0) is 107 Å². The maximum atomic E-state index is 13.8. The Morgan fingerprint density at radius 3 is 2.60 bits per heavy atom. The Hall–Kier alpha value is -4.14. The molecule has 5 heterocycles. The predicted octanol–water partition coefficient (Wildman–Crippen LogP) is 6.65. The number of pyridine rings is 1. The molecule has 0 bridgehead atoms. The Morgan fingerprint density at radius 2 is 1.84 bits per heavy atom. The first-order valence-electron chi connectivity index (χ1n) is 15.5. The fourth-order valence-corrected chi connectivity index (χ4v) is 6.75. The number of aromatic nitrogens is 4. The van der Waals surface area contributed by atoms with E-state index in [1.165, 1.54) is 5.56 Å². The van der Waals surface area contributed by atoms with Gasteiger partial charge in [-0.2, -0.15) is 5.10 Å². The highest BCUT2D eigenvalue weighted by Crippen LogP contribution is 2.41. The monoisotopic (exact) mass is 580 g/mol. The number of nitrogens with zero attached hydrogens (tertiary/aromatic N) is 5. The molecule has 224 valence electrons. The van der Waals surface area contributed by atoms with Gasteiger partial charge < -0.3 is 19.5 Å². The van der Waals surface area contributed by atoms with Gasteiger partial charge in [0.05, 0.1) is 23.8 Å². The first-order valence-corrected chi connectivity index (χ1v) is 15.5. The summed E-state index contributed by atoms with van der Waals surface area (Å²) in [6.07, 6.45) is 10.1. The molecule has 2 fully saturated rings. The average Bonchev–Trinajstić information content (AvgIpc) is 3.38. The summed E-state index contributed by atoms with van der Waals surface area (Å²) in [4.78, 5) is 39.0. The third kappa shape index (κ3) is 5.08. The molecular formula is C34H40N6O3. The maximum absolute atomic E-state index is 13.8. The molecule has 3 aromatic heterocycles. The van der Waals surface area contributed by atoms with Crippen LogP contribution in [0.15, 0.2) is 36.8 Å². The van der Waals surface area contributed by atoms with E-state index in [1.807, 2.05) is 54.6 Å². The van der Waals surface area contributed by atoms with Crippen molar-refractivity contribution in [2.24, 2.45) is 0 Å². The predicted molar refractivity (Wildman–Crippen MR) is 165 cm³/mol. The first-order chi connectivity index (χ1) is 20.6. The Labute approximate surface area is 252 Å². The number of H-pyrrole nitrogens is 1. The van der Waals surface area contributed by atoms with Crippen molar-refractivity contribution in [3.63, 3.8) is 0 Å². The highest BCUT2D eigenvalue weighted by Gasteiger charge is 2.37. The number of nitrogens with one attached hydrogen (secondary N) is 1. The number of carbonyl (C=O) groups is 2. The number of hydrogen-bond donors (Lipinski definition) is 1. The van der Waals surface area contributed by atoms with Crippen LogP contribution in [0.25, 0.3) is 22.2 Å². The minimum absolute atomic E-state index is 0.0260. The van der Waals surface area contributed by atoms with Crippen molar-refractivity contribution in [3.8, 4) is 11.1 Å². The lowest BCUT2D eigenvalue weighted by atomic mass is 9.86. The Kier molecular flexibility index (Phi) is 6.59. The fourth-order valence-electron chi connectivity index (χ4n) is 6.75. The number of amides is 2. The van der Waals surface area contributed by atoms with Crippen molar-refractivity contribution in [1.82, 2.24) is 29.5 Å². The molecule has 0 spiro atoms. The normalized spacial score (nSPS) is 18.8. The smallest absolute Gasteiger partial charge is 0.410 e. The second-order valence-corrected chi connectivity index (χ2v) is 13.4. The Bertz CT molecular complexity index is 1740. The maximum Gasteiger partial charge on any atom is 0.410 e. The lowest BCUT2D eigenvalue weighted by Crippen LogP contribution is -2.39. The van der Waals surface area contributed by atoms with Crippen molar-refractivity contribution in [3.05, 3.63) is 70.3 Å². The number of likely N-dealkylation sites (tertiary alicyclic amines) is 1. The number of fused-ring (bicyclic) bond motifs is 2. The number of aryl methyl sites for hydroxylation is 1. The van der Waals surface area contributed by atoms with Crippen LogP contribution in [-0.2, 0) is 17.7 Å². The van der Waals surface area contributed by atoms with E-state index in [0.717, 1.165) is 76.6 Å². The van der Waals surface area contributed by atoms with Gasteiger partial charge in [-0.25, -0.2) is 9.78 Å². The van der Waals surface area contributed by atoms with Crippen LogP contribution in [0, 0.1) is 13.8 Å². The van der Waals surface area contributed by atoms with Gasteiger partial charge in [-0.1, -0.05) is 6.07 Å². The highest BCUT2D eigenvalue weighted by atomic mass is 16.6. The highest BCUT2D eigenvalue weighted by molar-refractivity contribution is 5.95. The Balaban J connectivity index is 1.28. The van der Waals surface area contributed by atoms with E-state index >= 15 is 0 Å². The SMILES string of the molecule is Cc1c[nH]c2ncc(-c3cc4c(c([C@@H]5CCCN5C(=O)OC(C)(C)C)c3)CN(C(=O)c3cnn(C5CC5)c3C)CC4)cc12. The van der Waals surface area contributed by atoms with E-state index in [-0.39, 0.29) is 18.0 Å². The van der Waals surface area contributed by atoms with E-state index in [0.29, 0.717) is 31.2 Å². The molecule has 1 saturated heterocycles. The minimum atomic E-state index is -0.576. The molecule has 1 aromatic carbocycles. The third-order valence-corrected chi connectivity index (χ3v) is 9.14. The van der Waals surface area contributed by atoms with Gasteiger partial charge in [0.15, 0.2) is 0 Å². The van der Waals surface area contributed by atoms with Gasteiger partial charge in [-0.3, -0.25) is 9.48 Å². The molecule has 43 heavy (non-hydrogen) atoms. The molecule has 9 nitrogen and oxygen atoms in total. The van der Waals surface area contributed by atoms with Crippen LogP contribution < -0.4 is 0 Å². The van der Waals surface area contributed by atoms with Crippen LogP contribution in [0.4, 0.5) is 4.79 Å². The van der Waals surface area contributed by atoms with Gasteiger partial charge in [0.1, 0.15) is 11.2 Å². The third-order valence-electron chi connectivity index (χ3n) is 9.14. The number of hydrogen-bond acceptors (Lipinski definition) is 5. The zero-order valence-corrected chi connectivity index (χ0v) is 25.7. The summed E-state index contributed by atoms with van der Waals surface area (Å²) < 4.78 is 7.85. The van der Waals surface area contributed by atoms with E-state index in [2.05, 4.69) is 35.2 Å². The summed E-state index contributed by atoms with van der Waals surface area (Å²) in [5.41, 5.74) is 8.69. The van der Waals surface area contributed by atoms with Gasteiger partial charge >= 0.3 is 6.09 Å². The van der Waals surface area contributed by atoms with Crippen LogP contribution in [0.5, 0.6) is 0 Å². The lowest BCUT2D eigenvalue weighted by Gasteiger charge is -2.35. The topological polar surface area (TPSA) is 96.3 Å². The van der Waals surface area contributed by atoms with Gasteiger partial charge in [0, 0.05) is 48.7 Å². The van der Waals surface area contributed by atoms with Crippen LogP contribution in [-0.4, -0.2) is 60.2 Å². The van der Waals surface area contributed by atoms with Crippen molar-refractivity contribution in [2.45, 2.75) is 91.0 Å². The van der Waals surface area contributed by atoms with Crippen LogP contribution >= 0.6 is 0 Å². The number of benzene rings is 1. The van der Waals surface area contributed by atoms with E-state index < -0.39 is 5.60 Å². The zero-order valence-electron chi connectivity index (χ0n) is 25.7. The zero-order chi connectivity index (χ0) is 30.0. The summed E-state index contributed by atoms with van der Waals surface area (Å²) in [7, 11) is 0. The van der Waals surface area contributed by atoms with Crippen LogP contribution in [0.1, 0.15) is 96.8 Å². The largest absolute Gasteiger partial charge is 0.444 e. The van der Waals surface area contributed by atoms with Crippen LogP contribution in [0.2, 0.25) is 0 Å². The molecular weight excluding hydrogens is 540 g/mol. The molecule has 7 rings (SSSR count). The molecule has 2 aliphatic heterocycles. The molecule has 3 aliphatic rings. The summed E-state index contributed by atoms with van der Waals surface area (Å²) >= 11 is 0. The van der Waals surface area contributed by atoms with Crippen LogP contribution in [0.3, 0.4) is 0 Å². The average molecular weight is 581 g/mol. The molecule has 1 saturated carbocycles. The van der Waals surface area contributed by atoms with E-state index in [1.54, 1.807) is 6.20 Å². The molecule has 9 heteroatoms. The number of carbonyl (C=O) groups excluding carboxylic acids is 2. The summed E-state index contributed by atoms with van der Waals surface area (Å²) in [6, 6.07) is 6.98. The fraction of sp³-hybridized carbons (Fsp3) is 0.471. The second-order valence-electron chi connectivity index (χ2n) is 13.4. The van der Waals surface area contributed by atoms with Crippen molar-refractivity contribution < 1.29 is 14.3 Å². The van der Waals surface area contributed by atoms with E-state index in [9.17, 15) is 9.59 Å². The molecule has 1 aliphatic carbocycles. The minimum Gasteiger partial charge on any atom is -0.444 e. The van der Waals surface area contributed by atoms with E-state index in [4.69, 9.17) is 9.72 Å². The molecule has 0 radical (unpaired) electrons. The summed E-state index contributed by atoms with van der Waals surface area (Å²) in [5.74, 6) is 0.0260. The molecule has 1 N–H and O–H groups in total. The number of rotatable bonds is 4. The van der Waals surface area contributed by atoms with Gasteiger partial charge in [0.2, 0.25) is 0 Å². The van der Waals surface area contributed by atoms with Gasteiger partial charge in [-0.15, -0.1) is 0 Å². The second kappa shape index (κ2) is 10.2. The number of aromatic amines is 1. The molecule has 0 unspecified atom stereocenters. The number of ether oxygens (including phenoxy) is 1. The van der Waals surface area contributed by atoms with Crippen molar-refractivity contribution in [1.29, 1.82) is 0 Å². The van der Waals surface area contributed by atoms with Gasteiger partial charge in [0.25, 0.3) is 5.91 Å².